The molecule has 48 heavy (non-hydrogen) atoms. The highest BCUT2D eigenvalue weighted by Gasteiger charge is 2.41. The second kappa shape index (κ2) is 17.2. The molecule has 1 aromatic heterocycles. The van der Waals surface area contributed by atoms with Crippen LogP contribution in [-0.4, -0.2) is 72.0 Å². The highest BCUT2D eigenvalue weighted by Crippen LogP contribution is 2.28. The zero-order valence-electron chi connectivity index (χ0n) is 28.3. The summed E-state index contributed by atoms with van der Waals surface area (Å²) < 4.78 is 11.3. The maximum Gasteiger partial charge on any atom is 0.248 e. The summed E-state index contributed by atoms with van der Waals surface area (Å²) >= 11 is 1.60. The molecule has 1 aliphatic heterocycles. The number of hydrogen-bond donors (Lipinski definition) is 3. The molecule has 0 aliphatic carbocycles. The SMILES string of the molecule is Cc1ncsc1-c1ccc(CNC(=O)[C@@H]2CCCN2C(=O)[C@@H](NC(=O)COCCCCCOc2ccc(C(N)=O)cc2)C(C)(C)C)cc1. The van der Waals surface area contributed by atoms with E-state index in [0.29, 0.717) is 50.5 Å². The van der Waals surface area contributed by atoms with Crippen LogP contribution in [-0.2, 0) is 25.7 Å². The number of nitrogens with zero attached hydrogens (tertiary/aromatic N) is 2. The van der Waals surface area contributed by atoms with Gasteiger partial charge in [-0.3, -0.25) is 19.2 Å². The van der Waals surface area contributed by atoms with E-state index >= 15 is 0 Å². The lowest BCUT2D eigenvalue weighted by atomic mass is 9.85. The number of thiazole rings is 1. The second-order valence-electron chi connectivity index (χ2n) is 13.1. The Labute approximate surface area is 286 Å². The Hall–Kier alpha value is -4.29. The molecule has 4 amide bonds. The normalized spacial score (nSPS) is 15.2. The Morgan fingerprint density at radius 1 is 1.02 bits per heavy atom. The summed E-state index contributed by atoms with van der Waals surface area (Å²) in [5, 5.41) is 5.88. The van der Waals surface area contributed by atoms with E-state index in [1.807, 2.05) is 57.5 Å². The van der Waals surface area contributed by atoms with Gasteiger partial charge in [0.2, 0.25) is 23.6 Å². The van der Waals surface area contributed by atoms with Crippen molar-refractivity contribution in [3.63, 3.8) is 0 Å². The van der Waals surface area contributed by atoms with Gasteiger partial charge in [0, 0.05) is 25.3 Å². The fourth-order valence-electron chi connectivity index (χ4n) is 5.53. The smallest absolute Gasteiger partial charge is 0.248 e. The van der Waals surface area contributed by atoms with Crippen molar-refractivity contribution in [2.75, 3.05) is 26.4 Å². The van der Waals surface area contributed by atoms with Gasteiger partial charge in [-0.05, 0) is 79.8 Å². The first kappa shape index (κ1) is 36.5. The van der Waals surface area contributed by atoms with Gasteiger partial charge in [0.1, 0.15) is 24.4 Å². The number of nitrogens with one attached hydrogen (secondary N) is 2. The van der Waals surface area contributed by atoms with Crippen LogP contribution in [0.3, 0.4) is 0 Å². The topological polar surface area (TPSA) is 153 Å². The van der Waals surface area contributed by atoms with Crippen molar-refractivity contribution in [1.29, 1.82) is 0 Å². The van der Waals surface area contributed by atoms with Crippen LogP contribution in [0.1, 0.15) is 74.5 Å². The Morgan fingerprint density at radius 2 is 1.73 bits per heavy atom. The second-order valence-corrected chi connectivity index (χ2v) is 13.9. The molecule has 4 N–H and O–H groups in total. The molecular formula is C36H47N5O6S. The lowest BCUT2D eigenvalue weighted by molar-refractivity contribution is -0.144. The highest BCUT2D eigenvalue weighted by molar-refractivity contribution is 7.13. The number of aryl methyl sites for hydroxylation is 1. The van der Waals surface area contributed by atoms with Crippen molar-refractivity contribution in [3.8, 4) is 16.2 Å². The Morgan fingerprint density at radius 3 is 2.38 bits per heavy atom. The summed E-state index contributed by atoms with van der Waals surface area (Å²) in [6.45, 7) is 9.25. The van der Waals surface area contributed by atoms with Gasteiger partial charge in [0.25, 0.3) is 0 Å². The van der Waals surface area contributed by atoms with E-state index in [9.17, 15) is 19.2 Å². The van der Waals surface area contributed by atoms with Crippen molar-refractivity contribution < 1.29 is 28.7 Å². The van der Waals surface area contributed by atoms with Crippen LogP contribution in [0, 0.1) is 12.3 Å². The first-order valence-electron chi connectivity index (χ1n) is 16.4. The summed E-state index contributed by atoms with van der Waals surface area (Å²) in [5.41, 5.74) is 9.99. The van der Waals surface area contributed by atoms with Gasteiger partial charge in [-0.2, -0.15) is 0 Å². The van der Waals surface area contributed by atoms with E-state index < -0.39 is 23.4 Å². The fraction of sp³-hybridized carbons (Fsp3) is 0.472. The van der Waals surface area contributed by atoms with Gasteiger partial charge in [0.05, 0.1) is 22.7 Å². The van der Waals surface area contributed by atoms with Crippen LogP contribution in [0.25, 0.3) is 10.4 Å². The molecule has 1 aliphatic rings. The molecule has 3 aromatic rings. The van der Waals surface area contributed by atoms with Crippen LogP contribution >= 0.6 is 11.3 Å². The van der Waals surface area contributed by atoms with Gasteiger partial charge in [-0.25, -0.2) is 4.98 Å². The summed E-state index contributed by atoms with van der Waals surface area (Å²) in [5.74, 6) is -0.643. The predicted octanol–water partition coefficient (Wildman–Crippen LogP) is 4.62. The van der Waals surface area contributed by atoms with Gasteiger partial charge in [0.15, 0.2) is 0 Å². The number of primary amides is 1. The Balaban J connectivity index is 1.18. The van der Waals surface area contributed by atoms with E-state index in [-0.39, 0.29) is 24.3 Å². The van der Waals surface area contributed by atoms with E-state index in [4.69, 9.17) is 15.2 Å². The largest absolute Gasteiger partial charge is 0.494 e. The number of amides is 4. The van der Waals surface area contributed by atoms with Crippen molar-refractivity contribution >= 4 is 35.0 Å². The molecule has 258 valence electrons. The average molecular weight is 678 g/mol. The van der Waals surface area contributed by atoms with Gasteiger partial charge in [-0.15, -0.1) is 11.3 Å². The maximum atomic E-state index is 13.8. The molecule has 4 rings (SSSR count). The van der Waals surface area contributed by atoms with Crippen LogP contribution in [0.4, 0.5) is 0 Å². The number of likely N-dealkylation sites (tertiary alicyclic amines) is 1. The summed E-state index contributed by atoms with van der Waals surface area (Å²) in [4.78, 5) is 58.1. The van der Waals surface area contributed by atoms with Crippen molar-refractivity contribution in [1.82, 2.24) is 20.5 Å². The molecule has 1 saturated heterocycles. The van der Waals surface area contributed by atoms with E-state index in [2.05, 4.69) is 15.6 Å². The Kier molecular flexibility index (Phi) is 13.1. The zero-order chi connectivity index (χ0) is 34.7. The number of benzene rings is 2. The number of nitrogens with two attached hydrogens (primary N) is 1. The zero-order valence-corrected chi connectivity index (χ0v) is 29.1. The highest BCUT2D eigenvalue weighted by atomic mass is 32.1. The third kappa shape index (κ3) is 10.4. The standard InChI is InChI=1S/C36H47N5O6S/c1-24-31(48-23-39-24)26-12-10-25(11-13-26)21-38-34(44)29-9-8-18-41(29)35(45)32(36(2,3)4)40-30(42)22-46-19-6-5-7-20-47-28-16-14-27(15-17-28)33(37)43/h10-17,23,29,32H,5-9,18-22H2,1-4H3,(H2,37,43)(H,38,44)(H,40,42)/t29-,32+/m0/s1. The predicted molar refractivity (Wildman–Crippen MR) is 185 cm³/mol. The molecule has 2 atom stereocenters. The number of aromatic nitrogens is 1. The van der Waals surface area contributed by atoms with Crippen molar-refractivity contribution in [3.05, 3.63) is 70.9 Å². The first-order chi connectivity index (χ1) is 22.9. The minimum Gasteiger partial charge on any atom is -0.494 e. The molecule has 0 bridgehead atoms. The molecule has 12 heteroatoms. The van der Waals surface area contributed by atoms with Crippen LogP contribution in [0.15, 0.2) is 54.0 Å². The molecule has 2 aromatic carbocycles. The van der Waals surface area contributed by atoms with Gasteiger partial charge in [-0.1, -0.05) is 45.0 Å². The number of hydrogen-bond acceptors (Lipinski definition) is 8. The van der Waals surface area contributed by atoms with Crippen molar-refractivity contribution in [2.24, 2.45) is 11.1 Å². The number of unbranched alkanes of at least 4 members (excludes halogenated alkanes) is 2. The molecule has 11 nitrogen and oxygen atoms in total. The molecule has 1 fully saturated rings. The molecular weight excluding hydrogens is 630 g/mol. The minimum atomic E-state index is -0.807. The number of ether oxygens (including phenoxy) is 2. The van der Waals surface area contributed by atoms with Gasteiger partial charge >= 0.3 is 0 Å². The molecule has 0 spiro atoms. The van der Waals surface area contributed by atoms with Gasteiger partial charge < -0.3 is 30.7 Å². The molecule has 0 radical (unpaired) electrons. The van der Waals surface area contributed by atoms with Crippen LogP contribution in [0.2, 0.25) is 0 Å². The summed E-state index contributed by atoms with van der Waals surface area (Å²) in [6.07, 6.45) is 3.69. The fourth-order valence-corrected chi connectivity index (χ4v) is 6.35. The number of carbonyl (C=O) groups is 4. The average Bonchev–Trinajstić information content (AvgIpc) is 3.73. The lowest BCUT2D eigenvalue weighted by Gasteiger charge is -2.35. The van der Waals surface area contributed by atoms with Crippen molar-refractivity contribution in [2.45, 2.75) is 78.4 Å². The van der Waals surface area contributed by atoms with E-state index in [0.717, 1.165) is 41.0 Å². The van der Waals surface area contributed by atoms with E-state index in [1.165, 1.54) is 0 Å². The summed E-state index contributed by atoms with van der Waals surface area (Å²) in [6, 6.07) is 13.3. The molecule has 2 heterocycles. The minimum absolute atomic E-state index is 0.159. The number of carbonyl (C=O) groups excluding carboxylic acids is 4. The Bertz CT molecular complexity index is 1530. The third-order valence-corrected chi connectivity index (χ3v) is 9.24. The maximum absolute atomic E-state index is 13.8. The third-order valence-electron chi connectivity index (χ3n) is 8.26. The van der Waals surface area contributed by atoms with E-state index in [1.54, 1.807) is 40.5 Å². The van der Waals surface area contributed by atoms with Crippen LogP contribution in [0.5, 0.6) is 5.75 Å². The first-order valence-corrected chi connectivity index (χ1v) is 17.3. The van der Waals surface area contributed by atoms with Crippen LogP contribution < -0.4 is 21.1 Å². The monoisotopic (exact) mass is 677 g/mol. The lowest BCUT2D eigenvalue weighted by Crippen LogP contribution is -2.58. The number of rotatable bonds is 16. The molecule has 0 saturated carbocycles. The quantitative estimate of drug-likeness (QED) is 0.187. The molecule has 0 unspecified atom stereocenters. The summed E-state index contributed by atoms with van der Waals surface area (Å²) in [7, 11) is 0.